The summed E-state index contributed by atoms with van der Waals surface area (Å²) >= 11 is 0. The van der Waals surface area contributed by atoms with Gasteiger partial charge in [0, 0.05) is 30.5 Å². The summed E-state index contributed by atoms with van der Waals surface area (Å²) in [6, 6.07) is 11.2. The smallest absolute Gasteiger partial charge is 0.357 e. The van der Waals surface area contributed by atoms with Gasteiger partial charge in [0.1, 0.15) is 5.76 Å². The molecule has 226 valence electrons. The molecule has 6 atom stereocenters. The summed E-state index contributed by atoms with van der Waals surface area (Å²) in [6.45, 7) is 1.65. The van der Waals surface area contributed by atoms with Crippen LogP contribution in [-0.2, 0) is 45.2 Å². The Hall–Kier alpha value is -4.42. The molecule has 1 spiro atoms. The molecule has 2 aromatic rings. The molecule has 43 heavy (non-hydrogen) atoms. The SMILES string of the molecule is CC(=O)O[C@@H](CC(=O)O[C@H](C(=O)OC1=CC[C@@]2(O)[C@H]3Cc4ccc(O)c5c4[C@@]2(CCN3C)[C@H]1O5)c1ccccc1)C(=O)O. The molecule has 2 aliphatic heterocycles. The van der Waals surface area contributed by atoms with Crippen molar-refractivity contribution < 1.29 is 53.4 Å². The van der Waals surface area contributed by atoms with Gasteiger partial charge in [-0.25, -0.2) is 9.59 Å². The van der Waals surface area contributed by atoms with Gasteiger partial charge >= 0.3 is 23.9 Å². The van der Waals surface area contributed by atoms with Crippen LogP contribution in [0, 0.1) is 0 Å². The Bertz CT molecular complexity index is 1540. The first-order valence-corrected chi connectivity index (χ1v) is 14.0. The molecule has 0 radical (unpaired) electrons. The lowest BCUT2D eigenvalue weighted by Crippen LogP contribution is -2.74. The van der Waals surface area contributed by atoms with Crippen molar-refractivity contribution in [3.63, 3.8) is 0 Å². The van der Waals surface area contributed by atoms with Crippen LogP contribution in [0.25, 0.3) is 0 Å². The normalized spacial score (nSPS) is 27.9. The number of nitrogens with zero attached hydrogens (tertiary/aromatic N) is 1. The van der Waals surface area contributed by atoms with Crippen LogP contribution in [-0.4, -0.2) is 81.5 Å². The first-order valence-electron chi connectivity index (χ1n) is 14.0. The van der Waals surface area contributed by atoms with E-state index in [4.69, 9.17) is 18.9 Å². The molecular formula is C31H31NO11. The van der Waals surface area contributed by atoms with Crippen LogP contribution < -0.4 is 4.74 Å². The number of likely N-dealkylation sites (N-methyl/N-ethyl adjacent to an activating group) is 1. The maximum Gasteiger partial charge on any atom is 0.357 e. The standard InChI is InChI=1S/C31H31NO11/c1-16(33)40-21(28(36)37)15-23(35)42-25(17-6-4-3-5-7-17)29(38)41-20-10-11-31(39)22-14-18-8-9-19(34)26-24(18)30(31,27(20)43-26)12-13-32(22)2/h3-10,21-22,25,27,34,39H,11-15H2,1-2H3,(H,36,37)/t21-,22+,25-,27-,30-,31+/m0/s1. The molecule has 6 rings (SSSR count). The molecule has 0 amide bonds. The van der Waals surface area contributed by atoms with Crippen molar-refractivity contribution in [1.29, 1.82) is 0 Å². The minimum atomic E-state index is -1.80. The van der Waals surface area contributed by atoms with E-state index in [0.717, 1.165) is 18.1 Å². The van der Waals surface area contributed by atoms with E-state index >= 15 is 0 Å². The van der Waals surface area contributed by atoms with Crippen molar-refractivity contribution in [2.24, 2.45) is 0 Å². The van der Waals surface area contributed by atoms with E-state index in [2.05, 4.69) is 4.90 Å². The predicted molar refractivity (Wildman–Crippen MR) is 146 cm³/mol. The molecule has 2 aliphatic carbocycles. The molecule has 4 aliphatic rings. The molecule has 12 nitrogen and oxygen atoms in total. The number of carboxylic acids is 1. The minimum Gasteiger partial charge on any atom is -0.504 e. The summed E-state index contributed by atoms with van der Waals surface area (Å²) in [6.07, 6.45) is -2.38. The van der Waals surface area contributed by atoms with E-state index in [1.165, 1.54) is 0 Å². The molecule has 2 bridgehead atoms. The first kappa shape index (κ1) is 28.7. The Labute approximate surface area is 246 Å². The van der Waals surface area contributed by atoms with Crippen LogP contribution in [0.3, 0.4) is 0 Å². The molecule has 0 saturated carbocycles. The Balaban J connectivity index is 1.31. The monoisotopic (exact) mass is 593 g/mol. The van der Waals surface area contributed by atoms with Gasteiger partial charge in [0.25, 0.3) is 0 Å². The van der Waals surface area contributed by atoms with Gasteiger partial charge in [0.15, 0.2) is 17.6 Å². The second kappa shape index (κ2) is 10.4. The zero-order valence-electron chi connectivity index (χ0n) is 23.5. The molecule has 1 fully saturated rings. The lowest BCUT2D eigenvalue weighted by atomic mass is 9.50. The highest BCUT2D eigenvalue weighted by atomic mass is 16.6. The quantitative estimate of drug-likeness (QED) is 0.301. The van der Waals surface area contributed by atoms with Gasteiger partial charge in [0.2, 0.25) is 12.2 Å². The Morgan fingerprint density at radius 2 is 1.86 bits per heavy atom. The van der Waals surface area contributed by atoms with Crippen molar-refractivity contribution in [1.82, 2.24) is 4.90 Å². The second-order valence-electron chi connectivity index (χ2n) is 11.4. The fraction of sp³-hybridized carbons (Fsp3) is 0.419. The molecule has 3 N–H and O–H groups in total. The summed E-state index contributed by atoms with van der Waals surface area (Å²) < 4.78 is 22.3. The molecule has 12 heteroatoms. The highest BCUT2D eigenvalue weighted by Gasteiger charge is 2.72. The van der Waals surface area contributed by atoms with E-state index in [0.29, 0.717) is 19.4 Å². The van der Waals surface area contributed by atoms with Gasteiger partial charge in [-0.15, -0.1) is 0 Å². The topological polar surface area (TPSA) is 169 Å². The minimum absolute atomic E-state index is 0.0789. The second-order valence-corrected chi connectivity index (χ2v) is 11.4. The van der Waals surface area contributed by atoms with E-state index in [9.17, 15) is 34.5 Å². The third kappa shape index (κ3) is 4.43. The number of benzene rings is 2. The Morgan fingerprint density at radius 1 is 1.12 bits per heavy atom. The van der Waals surface area contributed by atoms with Crippen molar-refractivity contribution in [3.05, 3.63) is 71.0 Å². The zero-order valence-corrected chi connectivity index (χ0v) is 23.5. The van der Waals surface area contributed by atoms with E-state index < -0.39 is 59.6 Å². The number of rotatable bonds is 8. The number of carboxylic acid groups (broad SMARTS) is 1. The summed E-state index contributed by atoms with van der Waals surface area (Å²) in [5, 5.41) is 32.4. The van der Waals surface area contributed by atoms with Crippen molar-refractivity contribution in [3.8, 4) is 11.5 Å². The van der Waals surface area contributed by atoms with Gasteiger partial charge in [-0.3, -0.25) is 9.59 Å². The number of carbonyl (C=O) groups excluding carboxylic acids is 3. The number of esters is 3. The number of aromatic hydroxyl groups is 1. The lowest BCUT2D eigenvalue weighted by Gasteiger charge is -2.61. The maximum atomic E-state index is 13.7. The number of carbonyl (C=O) groups is 4. The fourth-order valence-corrected chi connectivity index (χ4v) is 7.20. The van der Waals surface area contributed by atoms with Gasteiger partial charge in [0.05, 0.1) is 17.4 Å². The first-order chi connectivity index (χ1) is 20.5. The molecule has 2 heterocycles. The predicted octanol–water partition coefficient (Wildman–Crippen LogP) is 1.90. The molecule has 2 aromatic carbocycles. The van der Waals surface area contributed by atoms with Gasteiger partial charge in [-0.2, -0.15) is 0 Å². The Morgan fingerprint density at radius 3 is 2.56 bits per heavy atom. The maximum absolute atomic E-state index is 13.7. The summed E-state index contributed by atoms with van der Waals surface area (Å²) in [7, 11) is 1.96. The number of phenols is 1. The highest BCUT2D eigenvalue weighted by molar-refractivity contribution is 5.85. The lowest BCUT2D eigenvalue weighted by molar-refractivity contribution is -0.178. The molecule has 1 saturated heterocycles. The largest absolute Gasteiger partial charge is 0.504 e. The number of likely N-dealkylation sites (tertiary alicyclic amines) is 1. The number of hydrogen-bond donors (Lipinski definition) is 3. The van der Waals surface area contributed by atoms with Crippen LogP contribution in [0.5, 0.6) is 11.5 Å². The molecule has 0 unspecified atom stereocenters. The van der Waals surface area contributed by atoms with E-state index in [1.807, 2.05) is 13.1 Å². The van der Waals surface area contributed by atoms with E-state index in [1.54, 1.807) is 42.5 Å². The summed E-state index contributed by atoms with van der Waals surface area (Å²) in [5.41, 5.74) is -0.323. The third-order valence-electron chi connectivity index (χ3n) is 9.07. The van der Waals surface area contributed by atoms with Gasteiger partial charge < -0.3 is 39.2 Å². The van der Waals surface area contributed by atoms with Crippen LogP contribution in [0.15, 0.2) is 54.3 Å². The number of ether oxygens (including phenoxy) is 4. The number of aliphatic carboxylic acids is 1. The molecule has 0 aromatic heterocycles. The third-order valence-corrected chi connectivity index (χ3v) is 9.07. The van der Waals surface area contributed by atoms with Crippen LogP contribution >= 0.6 is 0 Å². The Kier molecular flexibility index (Phi) is 6.93. The van der Waals surface area contributed by atoms with Gasteiger partial charge in [-0.1, -0.05) is 36.4 Å². The van der Waals surface area contributed by atoms with Crippen LogP contribution in [0.2, 0.25) is 0 Å². The van der Waals surface area contributed by atoms with Gasteiger partial charge in [-0.05, 0) is 44.1 Å². The summed E-state index contributed by atoms with van der Waals surface area (Å²) in [4.78, 5) is 51.4. The zero-order chi connectivity index (χ0) is 30.7. The van der Waals surface area contributed by atoms with Crippen LogP contribution in [0.1, 0.15) is 49.0 Å². The summed E-state index contributed by atoms with van der Waals surface area (Å²) in [5.74, 6) is -4.23. The van der Waals surface area contributed by atoms with Crippen molar-refractivity contribution in [2.75, 3.05) is 13.6 Å². The van der Waals surface area contributed by atoms with Crippen molar-refractivity contribution >= 4 is 23.9 Å². The number of hydrogen-bond acceptors (Lipinski definition) is 11. The fourth-order valence-electron chi connectivity index (χ4n) is 7.20. The van der Waals surface area contributed by atoms with Crippen LogP contribution in [0.4, 0.5) is 0 Å². The van der Waals surface area contributed by atoms with Crippen molar-refractivity contribution in [2.45, 2.75) is 68.0 Å². The number of aliphatic hydroxyl groups is 1. The highest BCUT2D eigenvalue weighted by Crippen LogP contribution is 2.65. The molecular weight excluding hydrogens is 562 g/mol. The average Bonchev–Trinajstić information content (AvgIpc) is 3.32. The number of piperidine rings is 1. The average molecular weight is 594 g/mol. The number of phenolic OH excluding ortho intramolecular Hbond substituents is 1. The van der Waals surface area contributed by atoms with E-state index in [-0.39, 0.29) is 35.3 Å².